The zero-order valence-corrected chi connectivity index (χ0v) is 11.3. The zero-order chi connectivity index (χ0) is 13.0. The molecule has 18 heavy (non-hydrogen) atoms. The van der Waals surface area contributed by atoms with E-state index in [1.807, 2.05) is 24.3 Å². The minimum atomic E-state index is -0.329. The van der Waals surface area contributed by atoms with Crippen LogP contribution in [0.1, 0.15) is 11.1 Å². The molecule has 0 fully saturated rings. The first kappa shape index (κ1) is 13.1. The van der Waals surface area contributed by atoms with Gasteiger partial charge >= 0.3 is 0 Å². The lowest BCUT2D eigenvalue weighted by molar-refractivity contribution is 0.300. The molecule has 0 unspecified atom stereocenters. The Labute approximate surface area is 114 Å². The Bertz CT molecular complexity index is 545. The SMILES string of the molecule is NCc1c(F)cccc1OCc1cccc(Br)c1. The van der Waals surface area contributed by atoms with Gasteiger partial charge in [0, 0.05) is 16.6 Å². The number of benzene rings is 2. The van der Waals surface area contributed by atoms with E-state index in [0.29, 0.717) is 17.9 Å². The predicted octanol–water partition coefficient (Wildman–Crippen LogP) is 3.63. The van der Waals surface area contributed by atoms with E-state index < -0.39 is 0 Å². The molecule has 2 aromatic carbocycles. The molecule has 2 nitrogen and oxygen atoms in total. The first-order valence-corrected chi connectivity index (χ1v) is 6.34. The third-order valence-electron chi connectivity index (χ3n) is 2.56. The van der Waals surface area contributed by atoms with Gasteiger partial charge in [-0.2, -0.15) is 0 Å². The van der Waals surface area contributed by atoms with Crippen LogP contribution >= 0.6 is 15.9 Å². The van der Waals surface area contributed by atoms with Gasteiger partial charge in [0.1, 0.15) is 18.2 Å². The number of nitrogens with two attached hydrogens (primary N) is 1. The van der Waals surface area contributed by atoms with Gasteiger partial charge in [0.25, 0.3) is 0 Å². The quantitative estimate of drug-likeness (QED) is 0.936. The monoisotopic (exact) mass is 309 g/mol. The molecule has 0 heterocycles. The average Bonchev–Trinajstić information content (AvgIpc) is 2.36. The number of hydrogen-bond acceptors (Lipinski definition) is 2. The van der Waals surface area contributed by atoms with Crippen molar-refractivity contribution in [2.24, 2.45) is 5.73 Å². The number of ether oxygens (including phenoxy) is 1. The summed E-state index contributed by atoms with van der Waals surface area (Å²) in [6, 6.07) is 12.5. The largest absolute Gasteiger partial charge is 0.488 e. The third kappa shape index (κ3) is 3.09. The third-order valence-corrected chi connectivity index (χ3v) is 3.06. The van der Waals surface area contributed by atoms with E-state index in [1.54, 1.807) is 12.1 Å². The molecule has 0 aliphatic rings. The maximum Gasteiger partial charge on any atom is 0.131 e. The highest BCUT2D eigenvalue weighted by atomic mass is 79.9. The minimum absolute atomic E-state index is 0.125. The molecule has 0 amide bonds. The van der Waals surface area contributed by atoms with E-state index in [9.17, 15) is 4.39 Å². The van der Waals surface area contributed by atoms with Gasteiger partial charge < -0.3 is 10.5 Å². The molecule has 0 saturated heterocycles. The van der Waals surface area contributed by atoms with Crippen LogP contribution in [0.25, 0.3) is 0 Å². The molecular formula is C14H13BrFNO. The molecule has 2 aromatic rings. The summed E-state index contributed by atoms with van der Waals surface area (Å²) in [5, 5.41) is 0. The van der Waals surface area contributed by atoms with Gasteiger partial charge in [-0.25, -0.2) is 4.39 Å². The van der Waals surface area contributed by atoms with Crippen LogP contribution in [0.2, 0.25) is 0 Å². The van der Waals surface area contributed by atoms with E-state index in [0.717, 1.165) is 10.0 Å². The Hall–Kier alpha value is -1.39. The van der Waals surface area contributed by atoms with Crippen LogP contribution in [0.3, 0.4) is 0 Å². The maximum atomic E-state index is 13.5. The lowest BCUT2D eigenvalue weighted by Crippen LogP contribution is -2.05. The number of rotatable bonds is 4. The van der Waals surface area contributed by atoms with Gasteiger partial charge in [0.15, 0.2) is 0 Å². The highest BCUT2D eigenvalue weighted by molar-refractivity contribution is 9.10. The van der Waals surface area contributed by atoms with Crippen molar-refractivity contribution in [3.8, 4) is 5.75 Å². The topological polar surface area (TPSA) is 35.2 Å². The molecule has 0 atom stereocenters. The lowest BCUT2D eigenvalue weighted by atomic mass is 10.2. The van der Waals surface area contributed by atoms with E-state index in [-0.39, 0.29) is 12.4 Å². The molecule has 4 heteroatoms. The van der Waals surface area contributed by atoms with E-state index in [4.69, 9.17) is 10.5 Å². The van der Waals surface area contributed by atoms with Crippen molar-refractivity contribution in [2.45, 2.75) is 13.2 Å². The van der Waals surface area contributed by atoms with Crippen molar-refractivity contribution in [1.29, 1.82) is 0 Å². The van der Waals surface area contributed by atoms with Crippen LogP contribution in [0.5, 0.6) is 5.75 Å². The molecule has 2 rings (SSSR count). The molecule has 0 spiro atoms. The summed E-state index contributed by atoms with van der Waals surface area (Å²) in [5.74, 6) is 0.168. The Morgan fingerprint density at radius 1 is 1.17 bits per heavy atom. The van der Waals surface area contributed by atoms with Crippen molar-refractivity contribution in [1.82, 2.24) is 0 Å². The summed E-state index contributed by atoms with van der Waals surface area (Å²) >= 11 is 3.39. The molecule has 94 valence electrons. The average molecular weight is 310 g/mol. The fourth-order valence-corrected chi connectivity index (χ4v) is 2.11. The highest BCUT2D eigenvalue weighted by Crippen LogP contribution is 2.22. The second-order valence-corrected chi connectivity index (χ2v) is 4.75. The number of hydrogen-bond donors (Lipinski definition) is 1. The Kier molecular flexibility index (Phi) is 4.33. The molecule has 0 saturated carbocycles. The van der Waals surface area contributed by atoms with E-state index in [1.165, 1.54) is 6.07 Å². The first-order valence-electron chi connectivity index (χ1n) is 5.55. The smallest absolute Gasteiger partial charge is 0.131 e. The van der Waals surface area contributed by atoms with Crippen molar-refractivity contribution in [3.05, 3.63) is 63.9 Å². The van der Waals surface area contributed by atoms with Gasteiger partial charge in [0.2, 0.25) is 0 Å². The summed E-state index contributed by atoms with van der Waals surface area (Å²) < 4.78 is 20.1. The molecule has 2 N–H and O–H groups in total. The standard InChI is InChI=1S/C14H13BrFNO/c15-11-4-1-3-10(7-11)9-18-14-6-2-5-13(16)12(14)8-17/h1-7H,8-9,17H2. The summed E-state index contributed by atoms with van der Waals surface area (Å²) in [4.78, 5) is 0. The molecule has 0 bridgehead atoms. The van der Waals surface area contributed by atoms with Crippen LogP contribution in [-0.4, -0.2) is 0 Å². The molecule has 0 aliphatic carbocycles. The van der Waals surface area contributed by atoms with Crippen molar-refractivity contribution >= 4 is 15.9 Å². The second-order valence-electron chi connectivity index (χ2n) is 3.84. The Balaban J connectivity index is 2.13. The Morgan fingerprint density at radius 2 is 1.94 bits per heavy atom. The highest BCUT2D eigenvalue weighted by Gasteiger charge is 2.07. The fourth-order valence-electron chi connectivity index (χ4n) is 1.66. The van der Waals surface area contributed by atoms with Crippen LogP contribution in [0.4, 0.5) is 4.39 Å². The predicted molar refractivity (Wildman–Crippen MR) is 72.8 cm³/mol. The second kappa shape index (κ2) is 5.98. The van der Waals surface area contributed by atoms with Crippen LogP contribution in [0.15, 0.2) is 46.9 Å². The summed E-state index contributed by atoms with van der Waals surface area (Å²) in [5.41, 5.74) is 6.94. The fraction of sp³-hybridized carbons (Fsp3) is 0.143. The lowest BCUT2D eigenvalue weighted by Gasteiger charge is -2.11. The molecule has 0 aliphatic heterocycles. The van der Waals surface area contributed by atoms with Crippen molar-refractivity contribution < 1.29 is 9.13 Å². The van der Waals surface area contributed by atoms with E-state index >= 15 is 0 Å². The van der Waals surface area contributed by atoms with Gasteiger partial charge in [-0.3, -0.25) is 0 Å². The van der Waals surface area contributed by atoms with Gasteiger partial charge in [-0.1, -0.05) is 34.1 Å². The van der Waals surface area contributed by atoms with Gasteiger partial charge in [-0.15, -0.1) is 0 Å². The molecular weight excluding hydrogens is 297 g/mol. The van der Waals surface area contributed by atoms with Gasteiger partial charge in [-0.05, 0) is 29.8 Å². The summed E-state index contributed by atoms with van der Waals surface area (Å²) in [6.45, 7) is 0.510. The first-order chi connectivity index (χ1) is 8.70. The number of halogens is 2. The summed E-state index contributed by atoms with van der Waals surface area (Å²) in [6.07, 6.45) is 0. The zero-order valence-electron chi connectivity index (χ0n) is 9.70. The molecule has 0 aromatic heterocycles. The minimum Gasteiger partial charge on any atom is -0.488 e. The maximum absolute atomic E-state index is 13.5. The van der Waals surface area contributed by atoms with E-state index in [2.05, 4.69) is 15.9 Å². The van der Waals surface area contributed by atoms with Crippen molar-refractivity contribution in [3.63, 3.8) is 0 Å². The van der Waals surface area contributed by atoms with Crippen molar-refractivity contribution in [2.75, 3.05) is 0 Å². The van der Waals surface area contributed by atoms with Crippen LogP contribution in [0, 0.1) is 5.82 Å². The Morgan fingerprint density at radius 3 is 2.67 bits per heavy atom. The van der Waals surface area contributed by atoms with Gasteiger partial charge in [0.05, 0.1) is 0 Å². The van der Waals surface area contributed by atoms with Crippen LogP contribution < -0.4 is 10.5 Å². The normalized spacial score (nSPS) is 10.4. The molecule has 0 radical (unpaired) electrons. The van der Waals surface area contributed by atoms with Crippen LogP contribution in [-0.2, 0) is 13.2 Å². The summed E-state index contributed by atoms with van der Waals surface area (Å²) in [7, 11) is 0.